The van der Waals surface area contributed by atoms with E-state index in [1.54, 1.807) is 0 Å². The molecule has 2 rings (SSSR count). The summed E-state index contributed by atoms with van der Waals surface area (Å²) in [5, 5.41) is 23.5. The molecule has 0 bridgehead atoms. The summed E-state index contributed by atoms with van der Waals surface area (Å²) < 4.78 is 1.03. The number of carboxylic acid groups (broad SMARTS) is 1. The lowest BCUT2D eigenvalue weighted by Gasteiger charge is -2.03. The van der Waals surface area contributed by atoms with Crippen molar-refractivity contribution in [3.05, 3.63) is 43.6 Å². The van der Waals surface area contributed by atoms with Gasteiger partial charge in [0.15, 0.2) is 0 Å². The third kappa shape index (κ3) is 2.56. The van der Waals surface area contributed by atoms with Gasteiger partial charge in [-0.3, -0.25) is 0 Å². The average Bonchev–Trinajstić information content (AvgIpc) is 2.71. The normalized spacial score (nSPS) is 10.4. The topological polar surface area (TPSA) is 111 Å². The van der Waals surface area contributed by atoms with Crippen LogP contribution in [0.15, 0.2) is 22.9 Å². The summed E-state index contributed by atoms with van der Waals surface area (Å²) in [6.45, 7) is 0. The zero-order chi connectivity index (χ0) is 14.2. The van der Waals surface area contributed by atoms with Gasteiger partial charge in [-0.05, 0) is 28.1 Å². The van der Waals surface area contributed by atoms with Crippen LogP contribution in [-0.2, 0) is 0 Å². The largest absolute Gasteiger partial charge is 0.492 e. The van der Waals surface area contributed by atoms with Crippen LogP contribution in [0.25, 0.3) is 5.69 Å². The lowest BCUT2D eigenvalue weighted by atomic mass is 10.2. The van der Waals surface area contributed by atoms with Crippen molar-refractivity contribution in [2.75, 3.05) is 0 Å². The van der Waals surface area contributed by atoms with E-state index in [0.29, 0.717) is 0 Å². The Morgan fingerprint density at radius 3 is 2.74 bits per heavy atom. The maximum atomic E-state index is 11.1. The average molecular weight is 348 g/mol. The van der Waals surface area contributed by atoms with E-state index in [0.717, 1.165) is 4.68 Å². The number of carbonyl (C=O) groups is 1. The van der Waals surface area contributed by atoms with Crippen LogP contribution in [-0.4, -0.2) is 30.8 Å². The molecule has 0 atom stereocenters. The van der Waals surface area contributed by atoms with Crippen LogP contribution < -0.4 is 0 Å². The predicted molar refractivity (Wildman–Crippen MR) is 67.7 cm³/mol. The quantitative estimate of drug-likeness (QED) is 0.673. The van der Waals surface area contributed by atoms with Gasteiger partial charge in [0.05, 0.1) is 11.3 Å². The SMILES string of the molecule is O=C(O)c1cc(Cl)ccc1-n1nc([N+](=O)[O-])nc1Br. The molecule has 2 aromatic rings. The third-order valence-corrected chi connectivity index (χ3v) is 2.89. The van der Waals surface area contributed by atoms with Crippen LogP contribution in [0.5, 0.6) is 0 Å². The van der Waals surface area contributed by atoms with E-state index in [9.17, 15) is 14.9 Å². The number of nitro groups is 1. The van der Waals surface area contributed by atoms with Crippen LogP contribution in [0.2, 0.25) is 5.02 Å². The molecule has 0 spiro atoms. The number of aromatic nitrogens is 3. The lowest BCUT2D eigenvalue weighted by molar-refractivity contribution is -0.394. The van der Waals surface area contributed by atoms with Gasteiger partial charge < -0.3 is 15.2 Å². The molecule has 10 heteroatoms. The van der Waals surface area contributed by atoms with Crippen molar-refractivity contribution in [2.24, 2.45) is 0 Å². The van der Waals surface area contributed by atoms with Gasteiger partial charge in [0.2, 0.25) is 0 Å². The first-order valence-corrected chi connectivity index (χ1v) is 5.87. The number of aromatic carboxylic acids is 1. The van der Waals surface area contributed by atoms with Crippen LogP contribution in [0.1, 0.15) is 10.4 Å². The van der Waals surface area contributed by atoms with Crippen molar-refractivity contribution < 1.29 is 14.8 Å². The van der Waals surface area contributed by atoms with Crippen LogP contribution >= 0.6 is 27.5 Å². The van der Waals surface area contributed by atoms with Gasteiger partial charge in [-0.2, -0.15) is 0 Å². The molecule has 0 aliphatic rings. The number of nitrogens with zero attached hydrogens (tertiary/aromatic N) is 4. The fourth-order valence-electron chi connectivity index (χ4n) is 1.38. The highest BCUT2D eigenvalue weighted by atomic mass is 79.9. The van der Waals surface area contributed by atoms with Crippen LogP contribution in [0.3, 0.4) is 0 Å². The van der Waals surface area contributed by atoms with E-state index in [-0.39, 0.29) is 21.0 Å². The predicted octanol–water partition coefficient (Wildman–Crippen LogP) is 2.29. The van der Waals surface area contributed by atoms with Crippen molar-refractivity contribution >= 4 is 39.4 Å². The number of rotatable bonds is 3. The Morgan fingerprint density at radius 1 is 1.53 bits per heavy atom. The molecular weight excluding hydrogens is 343 g/mol. The summed E-state index contributed by atoms with van der Waals surface area (Å²) in [7, 11) is 0. The second-order valence-corrected chi connectivity index (χ2v) is 4.46. The molecule has 0 amide bonds. The van der Waals surface area contributed by atoms with Crippen molar-refractivity contribution in [3.63, 3.8) is 0 Å². The first-order valence-electron chi connectivity index (χ1n) is 4.70. The highest BCUT2D eigenvalue weighted by Gasteiger charge is 2.24. The molecule has 1 heterocycles. The standard InChI is InChI=1S/C9H4BrClN4O4/c10-8-12-9(15(18)19)13-14(8)6-2-1-4(11)3-5(6)7(16)17/h1-3H,(H,16,17). The highest BCUT2D eigenvalue weighted by Crippen LogP contribution is 2.23. The fraction of sp³-hybridized carbons (Fsp3) is 0. The van der Waals surface area contributed by atoms with Gasteiger partial charge in [-0.1, -0.05) is 11.6 Å². The molecule has 0 saturated carbocycles. The zero-order valence-electron chi connectivity index (χ0n) is 8.95. The Labute approximate surface area is 118 Å². The van der Waals surface area contributed by atoms with Crippen molar-refractivity contribution in [1.82, 2.24) is 14.8 Å². The summed E-state index contributed by atoms with van der Waals surface area (Å²) in [4.78, 5) is 24.5. The molecule has 1 aromatic carbocycles. The van der Waals surface area contributed by atoms with Gasteiger partial charge >= 0.3 is 11.9 Å². The van der Waals surface area contributed by atoms with Gasteiger partial charge in [-0.15, -0.1) is 4.68 Å². The molecule has 8 nitrogen and oxygen atoms in total. The Balaban J connectivity index is 2.65. The zero-order valence-corrected chi connectivity index (χ0v) is 11.3. The van der Waals surface area contributed by atoms with Crippen LogP contribution in [0, 0.1) is 10.1 Å². The second-order valence-electron chi connectivity index (χ2n) is 3.32. The Morgan fingerprint density at radius 2 is 2.21 bits per heavy atom. The third-order valence-electron chi connectivity index (χ3n) is 2.14. The Bertz CT molecular complexity index is 687. The number of carboxylic acids is 1. The van der Waals surface area contributed by atoms with Gasteiger partial charge in [0.25, 0.3) is 4.73 Å². The minimum Gasteiger partial charge on any atom is -0.478 e. The summed E-state index contributed by atoms with van der Waals surface area (Å²) in [5.41, 5.74) is -0.0302. The van der Waals surface area contributed by atoms with E-state index < -0.39 is 16.8 Å². The molecule has 19 heavy (non-hydrogen) atoms. The van der Waals surface area contributed by atoms with E-state index in [1.807, 2.05) is 0 Å². The van der Waals surface area contributed by atoms with E-state index in [2.05, 4.69) is 26.0 Å². The monoisotopic (exact) mass is 346 g/mol. The van der Waals surface area contributed by atoms with E-state index >= 15 is 0 Å². The molecule has 0 saturated heterocycles. The summed E-state index contributed by atoms with van der Waals surface area (Å²) in [6, 6.07) is 4.05. The van der Waals surface area contributed by atoms with E-state index in [4.69, 9.17) is 16.7 Å². The molecule has 98 valence electrons. The van der Waals surface area contributed by atoms with Crippen molar-refractivity contribution in [3.8, 4) is 5.69 Å². The van der Waals surface area contributed by atoms with Gasteiger partial charge in [-0.25, -0.2) is 4.79 Å². The minimum absolute atomic E-state index is 0.0176. The summed E-state index contributed by atoms with van der Waals surface area (Å²) in [6.07, 6.45) is 0. The van der Waals surface area contributed by atoms with Crippen molar-refractivity contribution in [1.29, 1.82) is 0 Å². The number of benzene rings is 1. The van der Waals surface area contributed by atoms with E-state index in [1.165, 1.54) is 18.2 Å². The van der Waals surface area contributed by atoms with Crippen LogP contribution in [0.4, 0.5) is 5.95 Å². The second kappa shape index (κ2) is 4.94. The molecule has 1 N–H and O–H groups in total. The number of halogens is 2. The fourth-order valence-corrected chi connectivity index (χ4v) is 1.98. The summed E-state index contributed by atoms with van der Waals surface area (Å²) >= 11 is 8.70. The summed E-state index contributed by atoms with van der Waals surface area (Å²) in [5.74, 6) is -1.87. The minimum atomic E-state index is -1.23. The smallest absolute Gasteiger partial charge is 0.478 e. The lowest BCUT2D eigenvalue weighted by Crippen LogP contribution is -2.07. The highest BCUT2D eigenvalue weighted by molar-refractivity contribution is 9.10. The molecular formula is C9H4BrClN4O4. The molecule has 0 unspecified atom stereocenters. The molecule has 1 aromatic heterocycles. The number of hydrogen-bond donors (Lipinski definition) is 1. The first kappa shape index (κ1) is 13.4. The molecule has 0 aliphatic carbocycles. The maximum absolute atomic E-state index is 11.1. The molecule has 0 radical (unpaired) electrons. The Hall–Kier alpha value is -2.00. The maximum Gasteiger partial charge on any atom is 0.492 e. The van der Waals surface area contributed by atoms with Gasteiger partial charge in [0.1, 0.15) is 0 Å². The molecule has 0 fully saturated rings. The number of hydrogen-bond acceptors (Lipinski definition) is 5. The van der Waals surface area contributed by atoms with Crippen molar-refractivity contribution in [2.45, 2.75) is 0 Å². The Kier molecular flexibility index (Phi) is 3.49. The van der Waals surface area contributed by atoms with Gasteiger partial charge in [0, 0.05) is 26.1 Å². The molecule has 0 aliphatic heterocycles. The first-order chi connectivity index (χ1) is 8.90.